The summed E-state index contributed by atoms with van der Waals surface area (Å²) in [6.45, 7) is 5.30. The number of carbonyl (C=O) groups excluding carboxylic acids is 1. The number of rotatable bonds is 5. The SMILES string of the molecule is COc1nccnc1NS(=O)(=O)c1ccc(NC(=S)NC(=O)C(C)(C)C)cc1. The Morgan fingerprint density at radius 2 is 1.71 bits per heavy atom. The van der Waals surface area contributed by atoms with Crippen LogP contribution in [0, 0.1) is 5.41 Å². The van der Waals surface area contributed by atoms with Gasteiger partial charge in [-0.05, 0) is 36.5 Å². The van der Waals surface area contributed by atoms with E-state index >= 15 is 0 Å². The number of nitrogens with zero attached hydrogens (tertiary/aromatic N) is 2. The third kappa shape index (κ3) is 5.60. The fraction of sp³-hybridized carbons (Fsp3) is 0.294. The lowest BCUT2D eigenvalue weighted by Crippen LogP contribution is -2.41. The number of amides is 1. The van der Waals surface area contributed by atoms with Crippen LogP contribution in [0.1, 0.15) is 20.8 Å². The van der Waals surface area contributed by atoms with E-state index in [1.165, 1.54) is 43.8 Å². The van der Waals surface area contributed by atoms with Crippen molar-refractivity contribution in [3.63, 3.8) is 0 Å². The lowest BCUT2D eigenvalue weighted by Gasteiger charge is -2.18. The van der Waals surface area contributed by atoms with Crippen LogP contribution >= 0.6 is 12.2 Å². The van der Waals surface area contributed by atoms with Crippen molar-refractivity contribution in [1.29, 1.82) is 0 Å². The van der Waals surface area contributed by atoms with Crippen molar-refractivity contribution in [2.24, 2.45) is 5.41 Å². The van der Waals surface area contributed by atoms with Gasteiger partial charge in [-0.1, -0.05) is 20.8 Å². The van der Waals surface area contributed by atoms with E-state index in [0.29, 0.717) is 5.69 Å². The van der Waals surface area contributed by atoms with Gasteiger partial charge in [0, 0.05) is 23.5 Å². The fourth-order valence-corrected chi connectivity index (χ4v) is 3.12. The number of methoxy groups -OCH3 is 1. The molecule has 0 atom stereocenters. The van der Waals surface area contributed by atoms with E-state index in [9.17, 15) is 13.2 Å². The zero-order valence-corrected chi connectivity index (χ0v) is 17.4. The molecule has 0 fully saturated rings. The maximum Gasteiger partial charge on any atom is 0.263 e. The van der Waals surface area contributed by atoms with E-state index in [2.05, 4.69) is 25.3 Å². The Kier molecular flexibility index (Phi) is 6.52. The number of ether oxygens (including phenoxy) is 1. The van der Waals surface area contributed by atoms with Crippen molar-refractivity contribution in [2.45, 2.75) is 25.7 Å². The number of aromatic nitrogens is 2. The van der Waals surface area contributed by atoms with Crippen LogP contribution in [0.25, 0.3) is 0 Å². The van der Waals surface area contributed by atoms with Gasteiger partial charge in [0.25, 0.3) is 15.9 Å². The van der Waals surface area contributed by atoms with Gasteiger partial charge < -0.3 is 15.4 Å². The van der Waals surface area contributed by atoms with Crippen LogP contribution < -0.4 is 20.1 Å². The van der Waals surface area contributed by atoms with Gasteiger partial charge in [-0.3, -0.25) is 9.52 Å². The van der Waals surface area contributed by atoms with Gasteiger partial charge in [0.15, 0.2) is 5.11 Å². The summed E-state index contributed by atoms with van der Waals surface area (Å²) < 4.78 is 32.4. The van der Waals surface area contributed by atoms with Crippen molar-refractivity contribution in [3.05, 3.63) is 36.7 Å². The first-order valence-electron chi connectivity index (χ1n) is 8.13. The predicted molar refractivity (Wildman–Crippen MR) is 110 cm³/mol. The number of benzene rings is 1. The highest BCUT2D eigenvalue weighted by atomic mass is 32.2. The highest BCUT2D eigenvalue weighted by molar-refractivity contribution is 7.92. The molecule has 1 aromatic carbocycles. The van der Waals surface area contributed by atoms with Gasteiger partial charge in [0.2, 0.25) is 11.7 Å². The zero-order valence-electron chi connectivity index (χ0n) is 15.8. The molecule has 1 amide bonds. The van der Waals surface area contributed by atoms with Crippen LogP contribution in [-0.2, 0) is 14.8 Å². The highest BCUT2D eigenvalue weighted by Gasteiger charge is 2.22. The van der Waals surface area contributed by atoms with Crippen LogP contribution in [0.5, 0.6) is 5.88 Å². The molecule has 0 aliphatic rings. The molecule has 0 saturated heterocycles. The maximum absolute atomic E-state index is 12.5. The average Bonchev–Trinajstić information content (AvgIpc) is 2.61. The van der Waals surface area contributed by atoms with Crippen molar-refractivity contribution >= 4 is 44.8 Å². The second-order valence-electron chi connectivity index (χ2n) is 6.70. The lowest BCUT2D eigenvalue weighted by molar-refractivity contribution is -0.126. The molecule has 0 unspecified atom stereocenters. The summed E-state index contributed by atoms with van der Waals surface area (Å²) in [6.07, 6.45) is 2.73. The van der Waals surface area contributed by atoms with Crippen LogP contribution in [0.3, 0.4) is 0 Å². The molecular formula is C17H21N5O4S2. The number of sulfonamides is 1. The van der Waals surface area contributed by atoms with Gasteiger partial charge in [-0.2, -0.15) is 0 Å². The number of anilines is 2. The van der Waals surface area contributed by atoms with E-state index < -0.39 is 15.4 Å². The molecule has 0 aliphatic heterocycles. The molecule has 11 heteroatoms. The Morgan fingerprint density at radius 1 is 1.11 bits per heavy atom. The molecule has 28 heavy (non-hydrogen) atoms. The van der Waals surface area contributed by atoms with Gasteiger partial charge in [-0.15, -0.1) is 0 Å². The van der Waals surface area contributed by atoms with Crippen molar-refractivity contribution in [2.75, 3.05) is 17.1 Å². The van der Waals surface area contributed by atoms with Crippen molar-refractivity contribution in [3.8, 4) is 5.88 Å². The number of hydrogen-bond donors (Lipinski definition) is 3. The summed E-state index contributed by atoms with van der Waals surface area (Å²) >= 11 is 5.10. The molecule has 0 saturated carbocycles. The number of carbonyl (C=O) groups is 1. The summed E-state index contributed by atoms with van der Waals surface area (Å²) in [5, 5.41) is 5.54. The molecule has 2 rings (SSSR count). The standard InChI is InChI=1S/C17H21N5O4S2/c1-17(2,3)15(23)21-16(27)20-11-5-7-12(8-6-11)28(24,25)22-13-14(26-4)19-10-9-18-13/h5-10H,1-4H3,(H,18,22)(H2,20,21,23,27). The minimum atomic E-state index is -3.89. The third-order valence-electron chi connectivity index (χ3n) is 3.42. The normalized spacial score (nSPS) is 11.4. The van der Waals surface area contributed by atoms with Crippen LogP contribution in [0.4, 0.5) is 11.5 Å². The molecule has 1 aromatic heterocycles. The fourth-order valence-electron chi connectivity index (χ4n) is 1.90. The zero-order chi connectivity index (χ0) is 20.9. The number of thiocarbonyl (C=S) groups is 1. The average molecular weight is 424 g/mol. The van der Waals surface area contributed by atoms with Crippen LogP contribution in [-0.4, -0.2) is 36.5 Å². The van der Waals surface area contributed by atoms with Crippen LogP contribution in [0.2, 0.25) is 0 Å². The lowest BCUT2D eigenvalue weighted by atomic mass is 9.96. The summed E-state index contributed by atoms with van der Waals surface area (Å²) in [4.78, 5) is 19.7. The molecule has 150 valence electrons. The summed E-state index contributed by atoms with van der Waals surface area (Å²) in [6, 6.07) is 5.83. The third-order valence-corrected chi connectivity index (χ3v) is 4.98. The van der Waals surface area contributed by atoms with E-state index in [1.807, 2.05) is 0 Å². The Morgan fingerprint density at radius 3 is 2.29 bits per heavy atom. The van der Waals surface area contributed by atoms with Gasteiger partial charge in [-0.25, -0.2) is 18.4 Å². The van der Waals surface area contributed by atoms with E-state index in [4.69, 9.17) is 17.0 Å². The Hall–Kier alpha value is -2.79. The summed E-state index contributed by atoms with van der Waals surface area (Å²) in [7, 11) is -2.53. The molecule has 2 aromatic rings. The predicted octanol–water partition coefficient (Wildman–Crippen LogP) is 2.15. The summed E-state index contributed by atoms with van der Waals surface area (Å²) in [5.41, 5.74) is -0.0632. The van der Waals surface area contributed by atoms with E-state index in [1.54, 1.807) is 20.8 Å². The first-order chi connectivity index (χ1) is 13.0. The molecule has 3 N–H and O–H groups in total. The Balaban J connectivity index is 2.09. The maximum atomic E-state index is 12.5. The van der Waals surface area contributed by atoms with E-state index in [-0.39, 0.29) is 27.6 Å². The van der Waals surface area contributed by atoms with Gasteiger partial charge in [0.05, 0.1) is 12.0 Å². The molecule has 1 heterocycles. The van der Waals surface area contributed by atoms with E-state index in [0.717, 1.165) is 0 Å². The second kappa shape index (κ2) is 8.48. The topological polar surface area (TPSA) is 122 Å². The Bertz CT molecular complexity index is 970. The van der Waals surface area contributed by atoms with Crippen molar-refractivity contribution in [1.82, 2.24) is 15.3 Å². The first-order valence-corrected chi connectivity index (χ1v) is 10.0. The highest BCUT2D eigenvalue weighted by Crippen LogP contribution is 2.22. The molecule has 0 radical (unpaired) electrons. The number of hydrogen-bond acceptors (Lipinski definition) is 7. The van der Waals surface area contributed by atoms with Crippen molar-refractivity contribution < 1.29 is 17.9 Å². The molecular weight excluding hydrogens is 402 g/mol. The van der Waals surface area contributed by atoms with Gasteiger partial charge >= 0.3 is 0 Å². The molecule has 0 aliphatic carbocycles. The summed E-state index contributed by atoms with van der Waals surface area (Å²) in [5.74, 6) is -0.186. The quantitative estimate of drug-likeness (QED) is 0.625. The number of nitrogens with one attached hydrogen (secondary N) is 3. The molecule has 0 spiro atoms. The second-order valence-corrected chi connectivity index (χ2v) is 8.79. The molecule has 0 bridgehead atoms. The minimum Gasteiger partial charge on any atom is -0.478 e. The van der Waals surface area contributed by atoms with Crippen LogP contribution in [0.15, 0.2) is 41.6 Å². The molecule has 9 nitrogen and oxygen atoms in total. The monoisotopic (exact) mass is 423 g/mol. The first kappa shape index (κ1) is 21.5. The Labute approximate surface area is 169 Å². The largest absolute Gasteiger partial charge is 0.478 e. The smallest absolute Gasteiger partial charge is 0.263 e. The van der Waals surface area contributed by atoms with Gasteiger partial charge in [0.1, 0.15) is 0 Å². The minimum absolute atomic E-state index is 0.00963.